The number of ether oxygens (including phenoxy) is 2. The quantitative estimate of drug-likeness (QED) is 0.641. The van der Waals surface area contributed by atoms with E-state index >= 15 is 0 Å². The van der Waals surface area contributed by atoms with Gasteiger partial charge in [-0.3, -0.25) is 4.79 Å². The zero-order valence-electron chi connectivity index (χ0n) is 18.3. The van der Waals surface area contributed by atoms with Crippen molar-refractivity contribution in [1.82, 2.24) is 10.3 Å². The summed E-state index contributed by atoms with van der Waals surface area (Å²) in [5.41, 5.74) is 2.05. The number of hydrogen-bond acceptors (Lipinski definition) is 6. The molecular weight excluding hydrogens is 384 g/mol. The van der Waals surface area contributed by atoms with Crippen LogP contribution in [0.25, 0.3) is 0 Å². The molecule has 30 heavy (non-hydrogen) atoms. The molecule has 1 amide bonds. The van der Waals surface area contributed by atoms with Crippen molar-refractivity contribution in [2.24, 2.45) is 5.92 Å². The summed E-state index contributed by atoms with van der Waals surface area (Å²) in [4.78, 5) is 28.9. The van der Waals surface area contributed by atoms with Gasteiger partial charge in [0.15, 0.2) is 17.2 Å². The van der Waals surface area contributed by atoms with Crippen LogP contribution in [0, 0.1) is 12.8 Å². The molecule has 162 valence electrons. The molecule has 0 spiro atoms. The number of nitrogens with one attached hydrogen (secondary N) is 1. The molecule has 2 N–H and O–H groups in total. The predicted molar refractivity (Wildman–Crippen MR) is 114 cm³/mol. The van der Waals surface area contributed by atoms with Gasteiger partial charge in [0, 0.05) is 18.2 Å². The van der Waals surface area contributed by atoms with Crippen LogP contribution < -0.4 is 10.1 Å². The number of aromatic nitrogens is 1. The van der Waals surface area contributed by atoms with E-state index in [-0.39, 0.29) is 35.1 Å². The lowest BCUT2D eigenvalue weighted by Gasteiger charge is -2.30. The summed E-state index contributed by atoms with van der Waals surface area (Å²) in [5, 5.41) is 12.6. The van der Waals surface area contributed by atoms with Gasteiger partial charge in [-0.25, -0.2) is 9.78 Å². The van der Waals surface area contributed by atoms with Crippen LogP contribution in [-0.2, 0) is 9.53 Å². The summed E-state index contributed by atoms with van der Waals surface area (Å²) in [5.74, 6) is -1.25. The smallest absolute Gasteiger partial charge is 0.328 e. The molecule has 7 nitrogen and oxygen atoms in total. The topological polar surface area (TPSA) is 97.8 Å². The molecule has 0 unspecified atom stereocenters. The SMILES string of the molecule is COc1ccnc(C(=O)N[C@@H](C)C(=O)O[C@@H](C)[C@H](c2ccccc2C)C(C)C)c1O. The van der Waals surface area contributed by atoms with Crippen molar-refractivity contribution in [1.29, 1.82) is 0 Å². The second-order valence-electron chi connectivity index (χ2n) is 7.67. The van der Waals surface area contributed by atoms with Gasteiger partial charge < -0.3 is 19.9 Å². The average molecular weight is 415 g/mol. The van der Waals surface area contributed by atoms with Crippen molar-refractivity contribution in [3.63, 3.8) is 0 Å². The van der Waals surface area contributed by atoms with Crippen LogP contribution in [0.2, 0.25) is 0 Å². The fourth-order valence-electron chi connectivity index (χ4n) is 3.56. The highest BCUT2D eigenvalue weighted by atomic mass is 16.5. The van der Waals surface area contributed by atoms with Crippen LogP contribution in [0.5, 0.6) is 11.5 Å². The largest absolute Gasteiger partial charge is 0.503 e. The molecule has 2 rings (SSSR count). The number of pyridine rings is 1. The van der Waals surface area contributed by atoms with E-state index in [1.165, 1.54) is 26.3 Å². The number of amides is 1. The zero-order chi connectivity index (χ0) is 22.4. The van der Waals surface area contributed by atoms with Crippen molar-refractivity contribution in [3.8, 4) is 11.5 Å². The molecular formula is C23H30N2O5. The number of carbonyl (C=O) groups is 2. The van der Waals surface area contributed by atoms with Crippen LogP contribution in [0.4, 0.5) is 0 Å². The predicted octanol–water partition coefficient (Wildman–Crippen LogP) is 3.59. The van der Waals surface area contributed by atoms with Crippen molar-refractivity contribution in [2.45, 2.75) is 52.7 Å². The minimum absolute atomic E-state index is 0.0159. The molecule has 1 heterocycles. The molecule has 0 radical (unpaired) electrons. The molecule has 0 aliphatic carbocycles. The third kappa shape index (κ3) is 5.28. The van der Waals surface area contributed by atoms with Crippen LogP contribution in [0.1, 0.15) is 55.2 Å². The Labute approximate surface area is 177 Å². The molecule has 2 aromatic rings. The highest BCUT2D eigenvalue weighted by Crippen LogP contribution is 2.32. The van der Waals surface area contributed by atoms with Gasteiger partial charge in [-0.05, 0) is 37.8 Å². The third-order valence-electron chi connectivity index (χ3n) is 5.10. The van der Waals surface area contributed by atoms with Crippen molar-refractivity contribution in [2.75, 3.05) is 7.11 Å². The standard InChI is InChI=1S/C23H30N2O5/c1-13(2)19(17-10-8-7-9-14(17)3)16(5)30-23(28)15(4)25-22(27)20-21(26)18(29-6)11-12-24-20/h7-13,15-16,19,26H,1-6H3,(H,25,27)/t15-,16-,19+/m0/s1. The van der Waals surface area contributed by atoms with E-state index in [1.54, 1.807) is 0 Å². The van der Waals surface area contributed by atoms with Crippen molar-refractivity contribution >= 4 is 11.9 Å². The Bertz CT molecular complexity index is 897. The van der Waals surface area contributed by atoms with E-state index in [4.69, 9.17) is 9.47 Å². The van der Waals surface area contributed by atoms with Crippen LogP contribution in [-0.4, -0.2) is 41.2 Å². The van der Waals surface area contributed by atoms with Gasteiger partial charge in [0.1, 0.15) is 12.1 Å². The Hall–Kier alpha value is -3.09. The van der Waals surface area contributed by atoms with Crippen molar-refractivity contribution < 1.29 is 24.2 Å². The number of nitrogens with zero attached hydrogens (tertiary/aromatic N) is 1. The number of aryl methyl sites for hydroxylation is 1. The summed E-state index contributed by atoms with van der Waals surface area (Å²) in [6.45, 7) is 9.60. The highest BCUT2D eigenvalue weighted by Gasteiger charge is 2.29. The number of rotatable bonds is 8. The Morgan fingerprint density at radius 1 is 1.10 bits per heavy atom. The first kappa shape index (κ1) is 23.2. The first-order valence-corrected chi connectivity index (χ1v) is 9.96. The van der Waals surface area contributed by atoms with E-state index in [2.05, 4.69) is 24.1 Å². The summed E-state index contributed by atoms with van der Waals surface area (Å²) in [6, 6.07) is 8.55. The first-order chi connectivity index (χ1) is 14.2. The van der Waals surface area contributed by atoms with E-state index in [0.29, 0.717) is 0 Å². The Morgan fingerprint density at radius 2 is 1.77 bits per heavy atom. The fraction of sp³-hybridized carbons (Fsp3) is 0.435. The lowest BCUT2D eigenvalue weighted by molar-refractivity contribution is -0.151. The Morgan fingerprint density at radius 3 is 2.37 bits per heavy atom. The van der Waals surface area contributed by atoms with Crippen LogP contribution >= 0.6 is 0 Å². The monoisotopic (exact) mass is 414 g/mol. The summed E-state index contributed by atoms with van der Waals surface area (Å²) in [6.07, 6.45) is 0.954. The lowest BCUT2D eigenvalue weighted by atomic mass is 9.82. The van der Waals surface area contributed by atoms with E-state index < -0.39 is 17.9 Å². The first-order valence-electron chi connectivity index (χ1n) is 9.96. The van der Waals surface area contributed by atoms with Gasteiger partial charge in [-0.1, -0.05) is 38.1 Å². The molecule has 0 bridgehead atoms. The second-order valence-corrected chi connectivity index (χ2v) is 7.67. The lowest BCUT2D eigenvalue weighted by Crippen LogP contribution is -2.42. The number of carbonyl (C=O) groups excluding carboxylic acids is 2. The zero-order valence-corrected chi connectivity index (χ0v) is 18.3. The molecule has 0 saturated carbocycles. The molecule has 1 aromatic heterocycles. The molecule has 0 fully saturated rings. The number of benzene rings is 1. The minimum Gasteiger partial charge on any atom is -0.503 e. The minimum atomic E-state index is -0.919. The van der Waals surface area contributed by atoms with Crippen LogP contribution in [0.3, 0.4) is 0 Å². The van der Waals surface area contributed by atoms with E-state index in [9.17, 15) is 14.7 Å². The van der Waals surface area contributed by atoms with Gasteiger partial charge >= 0.3 is 5.97 Å². The van der Waals surface area contributed by atoms with Crippen molar-refractivity contribution in [3.05, 3.63) is 53.3 Å². The fourth-order valence-corrected chi connectivity index (χ4v) is 3.56. The summed E-state index contributed by atoms with van der Waals surface area (Å²) in [7, 11) is 1.37. The molecule has 0 aliphatic heterocycles. The highest BCUT2D eigenvalue weighted by molar-refractivity contribution is 5.97. The van der Waals surface area contributed by atoms with Gasteiger partial charge in [0.2, 0.25) is 0 Å². The number of aromatic hydroxyl groups is 1. The number of hydrogen-bond donors (Lipinski definition) is 2. The Balaban J connectivity index is 2.09. The van der Waals surface area contributed by atoms with Gasteiger partial charge in [-0.2, -0.15) is 0 Å². The average Bonchev–Trinajstić information content (AvgIpc) is 2.69. The van der Waals surface area contributed by atoms with E-state index in [0.717, 1.165) is 11.1 Å². The third-order valence-corrected chi connectivity index (χ3v) is 5.10. The second kappa shape index (κ2) is 10.1. The van der Waals surface area contributed by atoms with Crippen LogP contribution in [0.15, 0.2) is 36.5 Å². The number of methoxy groups -OCH3 is 1. The van der Waals surface area contributed by atoms with Gasteiger partial charge in [0.25, 0.3) is 5.91 Å². The van der Waals surface area contributed by atoms with Gasteiger partial charge in [-0.15, -0.1) is 0 Å². The molecule has 7 heteroatoms. The maximum Gasteiger partial charge on any atom is 0.328 e. The molecule has 1 aromatic carbocycles. The van der Waals surface area contributed by atoms with Gasteiger partial charge in [0.05, 0.1) is 7.11 Å². The molecule has 3 atom stereocenters. The molecule has 0 saturated heterocycles. The number of esters is 1. The summed E-state index contributed by atoms with van der Waals surface area (Å²) >= 11 is 0. The molecule has 0 aliphatic rings. The maximum absolute atomic E-state index is 12.6. The Kier molecular flexibility index (Phi) is 7.80. The maximum atomic E-state index is 12.6. The normalized spacial score (nSPS) is 14.0. The van der Waals surface area contributed by atoms with E-state index in [1.807, 2.05) is 38.1 Å². The summed E-state index contributed by atoms with van der Waals surface area (Å²) < 4.78 is 10.7.